The van der Waals surface area contributed by atoms with Gasteiger partial charge in [-0.2, -0.15) is 4.31 Å². The van der Waals surface area contributed by atoms with E-state index < -0.39 is 10.0 Å². The third-order valence-electron chi connectivity index (χ3n) is 6.15. The fourth-order valence-electron chi connectivity index (χ4n) is 4.24. The first-order valence-electron chi connectivity index (χ1n) is 11.0. The van der Waals surface area contributed by atoms with Gasteiger partial charge in [-0.3, -0.25) is 4.79 Å². The molecule has 0 saturated carbocycles. The summed E-state index contributed by atoms with van der Waals surface area (Å²) in [7, 11) is -2.02. The van der Waals surface area contributed by atoms with Gasteiger partial charge in [-0.15, -0.1) is 0 Å². The lowest BCUT2D eigenvalue weighted by molar-refractivity contribution is 0.0924. The van der Waals surface area contributed by atoms with Gasteiger partial charge in [0.25, 0.3) is 5.91 Å². The van der Waals surface area contributed by atoms with E-state index in [-0.39, 0.29) is 16.8 Å². The number of sulfonamides is 1. The zero-order chi connectivity index (χ0) is 23.6. The highest BCUT2D eigenvalue weighted by atomic mass is 32.2. The average molecular weight is 468 g/mol. The number of ether oxygens (including phenoxy) is 1. The molecule has 3 aromatic rings. The average Bonchev–Trinajstić information content (AvgIpc) is 3.17. The highest BCUT2D eigenvalue weighted by molar-refractivity contribution is 7.89. The van der Waals surface area contributed by atoms with E-state index in [0.717, 1.165) is 17.1 Å². The first-order chi connectivity index (χ1) is 15.8. The summed E-state index contributed by atoms with van der Waals surface area (Å²) < 4.78 is 34.5. The molecule has 0 spiro atoms. The van der Waals surface area contributed by atoms with Crippen molar-refractivity contribution in [2.75, 3.05) is 20.2 Å². The van der Waals surface area contributed by atoms with Crippen LogP contribution in [0.4, 0.5) is 0 Å². The molecule has 1 amide bonds. The van der Waals surface area contributed by atoms with Crippen molar-refractivity contribution in [1.29, 1.82) is 0 Å². The van der Waals surface area contributed by atoms with Crippen LogP contribution in [-0.4, -0.2) is 49.4 Å². The van der Waals surface area contributed by atoms with E-state index in [9.17, 15) is 13.2 Å². The molecule has 2 heterocycles. The number of nitrogens with one attached hydrogen (secondary N) is 1. The molecule has 4 rings (SSSR count). The first-order valence-corrected chi connectivity index (χ1v) is 12.4. The molecule has 0 bridgehead atoms. The van der Waals surface area contributed by atoms with Gasteiger partial charge in [-0.05, 0) is 87.4 Å². The van der Waals surface area contributed by atoms with Gasteiger partial charge < -0.3 is 14.6 Å². The summed E-state index contributed by atoms with van der Waals surface area (Å²) in [5.74, 6) is 0.473. The Kier molecular flexibility index (Phi) is 6.58. The molecule has 0 atom stereocenters. The molecule has 174 valence electrons. The topological polar surface area (TPSA) is 80.6 Å². The normalized spacial score (nSPS) is 15.4. The fraction of sp³-hybridized carbons (Fsp3) is 0.320. The van der Waals surface area contributed by atoms with E-state index in [1.54, 1.807) is 31.4 Å². The van der Waals surface area contributed by atoms with Crippen molar-refractivity contribution in [2.24, 2.45) is 0 Å². The standard InChI is InChI=1S/C25H29N3O4S/c1-18-4-5-19(2)28(18)22-8-6-20(7-9-22)25(29)26-21-14-16-27(17-15-21)33(30,31)24-12-10-23(32-3)11-13-24/h4-13,21H,14-17H2,1-3H3,(H,26,29). The number of carbonyl (C=O) groups excluding carboxylic acids is 1. The number of benzene rings is 2. The van der Waals surface area contributed by atoms with Crippen molar-refractivity contribution in [2.45, 2.75) is 37.6 Å². The number of piperidine rings is 1. The summed E-state index contributed by atoms with van der Waals surface area (Å²) in [5, 5.41) is 3.06. The van der Waals surface area contributed by atoms with Crippen molar-refractivity contribution in [3.63, 3.8) is 0 Å². The molecule has 1 fully saturated rings. The molecule has 0 aliphatic carbocycles. The Hall–Kier alpha value is -3.10. The van der Waals surface area contributed by atoms with Crippen LogP contribution in [0.3, 0.4) is 0 Å². The number of hydrogen-bond donors (Lipinski definition) is 1. The fourth-order valence-corrected chi connectivity index (χ4v) is 5.71. The van der Waals surface area contributed by atoms with Crippen LogP contribution >= 0.6 is 0 Å². The van der Waals surface area contributed by atoms with Crippen LogP contribution in [0, 0.1) is 13.8 Å². The maximum Gasteiger partial charge on any atom is 0.251 e. The van der Waals surface area contributed by atoms with Crippen LogP contribution in [-0.2, 0) is 10.0 Å². The number of rotatable bonds is 6. The van der Waals surface area contributed by atoms with Crippen molar-refractivity contribution in [3.05, 3.63) is 77.6 Å². The molecule has 0 radical (unpaired) electrons. The molecule has 0 unspecified atom stereocenters. The Morgan fingerprint density at radius 1 is 0.909 bits per heavy atom. The lowest BCUT2D eigenvalue weighted by Crippen LogP contribution is -2.46. The van der Waals surface area contributed by atoms with Crippen molar-refractivity contribution in [1.82, 2.24) is 14.2 Å². The molecular weight excluding hydrogens is 438 g/mol. The number of carbonyl (C=O) groups is 1. The highest BCUT2D eigenvalue weighted by Gasteiger charge is 2.30. The Balaban J connectivity index is 1.35. The predicted molar refractivity (Wildman–Crippen MR) is 127 cm³/mol. The summed E-state index contributed by atoms with van der Waals surface area (Å²) in [6.07, 6.45) is 1.14. The minimum Gasteiger partial charge on any atom is -0.497 e. The van der Waals surface area contributed by atoms with Gasteiger partial charge in [0.2, 0.25) is 10.0 Å². The van der Waals surface area contributed by atoms with Gasteiger partial charge in [-0.25, -0.2) is 8.42 Å². The Morgan fingerprint density at radius 3 is 2.03 bits per heavy atom. The van der Waals surface area contributed by atoms with Crippen LogP contribution in [0.1, 0.15) is 34.6 Å². The summed E-state index contributed by atoms with van der Waals surface area (Å²) in [4.78, 5) is 13.0. The molecule has 7 nitrogen and oxygen atoms in total. The number of nitrogens with zero attached hydrogens (tertiary/aromatic N) is 2. The second kappa shape index (κ2) is 9.41. The molecule has 33 heavy (non-hydrogen) atoms. The Bertz CT molecular complexity index is 1200. The number of aromatic nitrogens is 1. The Morgan fingerprint density at radius 2 is 1.48 bits per heavy atom. The summed E-state index contributed by atoms with van der Waals surface area (Å²) in [5.41, 5.74) is 3.89. The smallest absolute Gasteiger partial charge is 0.251 e. The van der Waals surface area contributed by atoms with E-state index in [1.165, 1.54) is 4.31 Å². The van der Waals surface area contributed by atoms with Gasteiger partial charge in [0.1, 0.15) is 5.75 Å². The van der Waals surface area contributed by atoms with E-state index in [0.29, 0.717) is 37.2 Å². The monoisotopic (exact) mass is 467 g/mol. The number of methoxy groups -OCH3 is 1. The highest BCUT2D eigenvalue weighted by Crippen LogP contribution is 2.23. The number of aryl methyl sites for hydroxylation is 2. The quantitative estimate of drug-likeness (QED) is 0.600. The van der Waals surface area contributed by atoms with E-state index in [2.05, 4.69) is 35.9 Å². The van der Waals surface area contributed by atoms with Crippen LogP contribution in [0.2, 0.25) is 0 Å². The van der Waals surface area contributed by atoms with Gasteiger partial charge >= 0.3 is 0 Å². The van der Waals surface area contributed by atoms with Crippen LogP contribution in [0.5, 0.6) is 5.75 Å². The predicted octanol–water partition coefficient (Wildman–Crippen LogP) is 3.69. The molecule has 2 aromatic carbocycles. The molecule has 1 aliphatic heterocycles. The lowest BCUT2D eigenvalue weighted by atomic mass is 10.1. The van der Waals surface area contributed by atoms with E-state index >= 15 is 0 Å². The number of amides is 1. The maximum atomic E-state index is 12.9. The Labute approximate surface area is 195 Å². The zero-order valence-corrected chi connectivity index (χ0v) is 19.9. The third kappa shape index (κ3) is 4.82. The van der Waals surface area contributed by atoms with Crippen LogP contribution in [0.25, 0.3) is 5.69 Å². The van der Waals surface area contributed by atoms with Crippen LogP contribution in [0.15, 0.2) is 65.6 Å². The van der Waals surface area contributed by atoms with Gasteiger partial charge in [0.05, 0.1) is 12.0 Å². The summed E-state index contributed by atoms with van der Waals surface area (Å²) >= 11 is 0. The largest absolute Gasteiger partial charge is 0.497 e. The molecule has 1 N–H and O–H groups in total. The minimum absolute atomic E-state index is 0.0616. The minimum atomic E-state index is -3.56. The van der Waals surface area contributed by atoms with Crippen molar-refractivity contribution < 1.29 is 17.9 Å². The van der Waals surface area contributed by atoms with Crippen LogP contribution < -0.4 is 10.1 Å². The molecular formula is C25H29N3O4S. The van der Waals surface area contributed by atoms with Crippen molar-refractivity contribution in [3.8, 4) is 11.4 Å². The summed E-state index contributed by atoms with van der Waals surface area (Å²) in [6.45, 7) is 4.83. The second-order valence-corrected chi connectivity index (χ2v) is 10.3. The maximum absolute atomic E-state index is 12.9. The van der Waals surface area contributed by atoms with E-state index in [4.69, 9.17) is 4.74 Å². The lowest BCUT2D eigenvalue weighted by Gasteiger charge is -2.31. The van der Waals surface area contributed by atoms with Crippen molar-refractivity contribution >= 4 is 15.9 Å². The van der Waals surface area contributed by atoms with Gasteiger partial charge in [0, 0.05) is 41.8 Å². The van der Waals surface area contributed by atoms with Gasteiger partial charge in [-0.1, -0.05) is 0 Å². The molecule has 1 aliphatic rings. The molecule has 8 heteroatoms. The first kappa shape index (κ1) is 23.1. The third-order valence-corrected chi connectivity index (χ3v) is 8.06. The SMILES string of the molecule is COc1ccc(S(=O)(=O)N2CCC(NC(=O)c3ccc(-n4c(C)ccc4C)cc3)CC2)cc1. The zero-order valence-electron chi connectivity index (χ0n) is 19.1. The number of hydrogen-bond acceptors (Lipinski definition) is 4. The van der Waals surface area contributed by atoms with E-state index in [1.807, 2.05) is 24.3 Å². The molecule has 1 saturated heterocycles. The molecule has 1 aromatic heterocycles. The van der Waals surface area contributed by atoms with Gasteiger partial charge in [0.15, 0.2) is 0 Å². The second-order valence-electron chi connectivity index (χ2n) is 8.33. The summed E-state index contributed by atoms with van der Waals surface area (Å²) in [6, 6.07) is 18.0.